The van der Waals surface area contributed by atoms with Crippen LogP contribution in [-0.2, 0) is 6.42 Å². The van der Waals surface area contributed by atoms with Crippen LogP contribution in [0.2, 0.25) is 0 Å². The molecule has 0 atom stereocenters. The van der Waals surface area contributed by atoms with E-state index in [-0.39, 0.29) is 0 Å². The van der Waals surface area contributed by atoms with Gasteiger partial charge in [0.2, 0.25) is 0 Å². The third-order valence-electron chi connectivity index (χ3n) is 6.31. The van der Waals surface area contributed by atoms with Gasteiger partial charge in [-0.2, -0.15) is 0 Å². The van der Waals surface area contributed by atoms with Crippen LogP contribution in [0.5, 0.6) is 5.75 Å². The molecular weight excluding hydrogens is 408 g/mol. The third-order valence-corrected chi connectivity index (χ3v) is 7.33. The van der Waals surface area contributed by atoms with E-state index in [1.54, 1.807) is 23.9 Å². The largest absolute Gasteiger partial charge is 0.508 e. The highest BCUT2D eigenvalue weighted by molar-refractivity contribution is 7.99. The highest BCUT2D eigenvalue weighted by Crippen LogP contribution is 2.29. The number of hydrogen-bond acceptors (Lipinski definition) is 2. The lowest BCUT2D eigenvalue weighted by Crippen LogP contribution is -1.87. The van der Waals surface area contributed by atoms with Crippen molar-refractivity contribution in [3.8, 4) is 5.75 Å². The molecule has 2 aromatic carbocycles. The number of aromatic hydroxyl groups is 1. The summed E-state index contributed by atoms with van der Waals surface area (Å²) >= 11 is 1.74. The first-order chi connectivity index (χ1) is 15.8. The summed E-state index contributed by atoms with van der Waals surface area (Å²) in [4.78, 5) is 2.42. The maximum Gasteiger partial charge on any atom is 0.115 e. The monoisotopic (exact) mass is 454 g/mol. The molecule has 0 heterocycles. The fourth-order valence-corrected chi connectivity index (χ4v) is 5.07. The van der Waals surface area contributed by atoms with E-state index < -0.39 is 0 Å². The quantitative estimate of drug-likeness (QED) is 0.213. The molecule has 2 aromatic rings. The SMILES string of the molecule is CCCCCCCCCCCCCCCCCCc1ccc(Sc2ccc(O)cc2)cc1. The van der Waals surface area contributed by atoms with Crippen molar-refractivity contribution in [2.75, 3.05) is 0 Å². The summed E-state index contributed by atoms with van der Waals surface area (Å²) in [5.74, 6) is 0.323. The lowest BCUT2D eigenvalue weighted by atomic mass is 10.0. The molecule has 0 amide bonds. The number of benzene rings is 2. The van der Waals surface area contributed by atoms with Gasteiger partial charge in [0.1, 0.15) is 5.75 Å². The lowest BCUT2D eigenvalue weighted by molar-refractivity contribution is 0.475. The molecule has 2 rings (SSSR count). The van der Waals surface area contributed by atoms with Crippen LogP contribution in [0.1, 0.15) is 115 Å². The average molecular weight is 455 g/mol. The normalized spacial score (nSPS) is 11.2. The minimum absolute atomic E-state index is 0.323. The maximum absolute atomic E-state index is 9.39. The predicted octanol–water partition coefficient (Wildman–Crippen LogP) is 10.3. The van der Waals surface area contributed by atoms with Crippen LogP contribution in [0.15, 0.2) is 58.3 Å². The van der Waals surface area contributed by atoms with Gasteiger partial charge in [-0.15, -0.1) is 0 Å². The molecule has 0 spiro atoms. The molecule has 0 bridgehead atoms. The summed E-state index contributed by atoms with van der Waals surface area (Å²) in [6, 6.07) is 16.4. The van der Waals surface area contributed by atoms with E-state index in [0.717, 1.165) is 4.90 Å². The van der Waals surface area contributed by atoms with Crippen LogP contribution in [0.25, 0.3) is 0 Å². The van der Waals surface area contributed by atoms with Crippen LogP contribution >= 0.6 is 11.8 Å². The van der Waals surface area contributed by atoms with E-state index >= 15 is 0 Å². The molecule has 2 heteroatoms. The van der Waals surface area contributed by atoms with Crippen molar-refractivity contribution in [2.24, 2.45) is 0 Å². The van der Waals surface area contributed by atoms with E-state index in [1.807, 2.05) is 12.1 Å². The van der Waals surface area contributed by atoms with Gasteiger partial charge in [-0.05, 0) is 54.8 Å². The second-order valence-electron chi connectivity index (χ2n) is 9.29. The molecule has 0 saturated heterocycles. The van der Waals surface area contributed by atoms with Crippen LogP contribution in [-0.4, -0.2) is 5.11 Å². The molecule has 1 nitrogen and oxygen atoms in total. The Labute approximate surface area is 202 Å². The number of rotatable bonds is 19. The smallest absolute Gasteiger partial charge is 0.115 e. The molecule has 1 N–H and O–H groups in total. The van der Waals surface area contributed by atoms with Crippen molar-refractivity contribution in [3.63, 3.8) is 0 Å². The van der Waals surface area contributed by atoms with Gasteiger partial charge in [0, 0.05) is 9.79 Å². The van der Waals surface area contributed by atoms with Gasteiger partial charge >= 0.3 is 0 Å². The van der Waals surface area contributed by atoms with E-state index in [1.165, 1.54) is 120 Å². The van der Waals surface area contributed by atoms with Gasteiger partial charge in [0.25, 0.3) is 0 Å². The highest BCUT2D eigenvalue weighted by atomic mass is 32.2. The predicted molar refractivity (Wildman–Crippen MR) is 142 cm³/mol. The summed E-state index contributed by atoms with van der Waals surface area (Å²) in [6.07, 6.45) is 24.0. The molecule has 0 aliphatic rings. The summed E-state index contributed by atoms with van der Waals surface area (Å²) in [7, 11) is 0. The minimum atomic E-state index is 0.323. The Morgan fingerprint density at radius 2 is 0.875 bits per heavy atom. The van der Waals surface area contributed by atoms with E-state index in [2.05, 4.69) is 31.2 Å². The Bertz CT molecular complexity index is 677. The molecular formula is C30H46OS. The van der Waals surface area contributed by atoms with Crippen LogP contribution in [0, 0.1) is 0 Å². The summed E-state index contributed by atoms with van der Waals surface area (Å²) in [5.41, 5.74) is 1.45. The average Bonchev–Trinajstić information content (AvgIpc) is 2.81. The molecule has 0 aliphatic carbocycles. The topological polar surface area (TPSA) is 20.2 Å². The molecule has 0 unspecified atom stereocenters. The van der Waals surface area contributed by atoms with Gasteiger partial charge in [-0.3, -0.25) is 0 Å². The van der Waals surface area contributed by atoms with E-state index in [9.17, 15) is 5.11 Å². The second-order valence-corrected chi connectivity index (χ2v) is 10.4. The first-order valence-electron chi connectivity index (χ1n) is 13.3. The Hall–Kier alpha value is -1.41. The number of phenolic OH excluding ortho intramolecular Hbond substituents is 1. The second kappa shape index (κ2) is 18.1. The fourth-order valence-electron chi connectivity index (χ4n) is 4.25. The summed E-state index contributed by atoms with van der Waals surface area (Å²) in [6.45, 7) is 2.29. The van der Waals surface area contributed by atoms with Gasteiger partial charge in [0.05, 0.1) is 0 Å². The zero-order chi connectivity index (χ0) is 22.7. The van der Waals surface area contributed by atoms with Gasteiger partial charge in [-0.25, -0.2) is 0 Å². The Balaban J connectivity index is 1.38. The van der Waals surface area contributed by atoms with Crippen LogP contribution in [0.4, 0.5) is 0 Å². The molecule has 32 heavy (non-hydrogen) atoms. The van der Waals surface area contributed by atoms with Crippen LogP contribution < -0.4 is 0 Å². The van der Waals surface area contributed by atoms with Crippen LogP contribution in [0.3, 0.4) is 0 Å². The fraction of sp³-hybridized carbons (Fsp3) is 0.600. The Morgan fingerprint density at radius 1 is 0.500 bits per heavy atom. The third kappa shape index (κ3) is 13.2. The Morgan fingerprint density at radius 3 is 1.31 bits per heavy atom. The van der Waals surface area contributed by atoms with Crippen molar-refractivity contribution in [3.05, 3.63) is 54.1 Å². The van der Waals surface area contributed by atoms with Crippen molar-refractivity contribution in [1.29, 1.82) is 0 Å². The molecule has 0 radical (unpaired) electrons. The zero-order valence-electron chi connectivity index (χ0n) is 20.5. The van der Waals surface area contributed by atoms with Crippen molar-refractivity contribution >= 4 is 11.8 Å². The van der Waals surface area contributed by atoms with Crippen molar-refractivity contribution < 1.29 is 5.11 Å². The lowest BCUT2D eigenvalue weighted by Gasteiger charge is -2.05. The van der Waals surface area contributed by atoms with E-state index in [4.69, 9.17) is 0 Å². The first-order valence-corrected chi connectivity index (χ1v) is 14.2. The molecule has 0 fully saturated rings. The number of hydrogen-bond donors (Lipinski definition) is 1. The maximum atomic E-state index is 9.39. The number of unbranched alkanes of at least 4 members (excludes halogenated alkanes) is 15. The van der Waals surface area contributed by atoms with Gasteiger partial charge in [0.15, 0.2) is 0 Å². The standard InChI is InChI=1S/C30H46OS/c1-2-3-4-5-6-7-8-9-10-11-12-13-14-15-16-17-18-27-19-23-29(24-20-27)32-30-25-21-28(31)22-26-30/h19-26,31H,2-18H2,1H3. The molecule has 0 aromatic heterocycles. The number of aryl methyl sites for hydroxylation is 1. The number of phenols is 1. The summed E-state index contributed by atoms with van der Waals surface area (Å²) in [5, 5.41) is 9.39. The minimum Gasteiger partial charge on any atom is -0.508 e. The Kier molecular flexibility index (Phi) is 15.2. The van der Waals surface area contributed by atoms with Crippen molar-refractivity contribution in [1.82, 2.24) is 0 Å². The zero-order valence-corrected chi connectivity index (χ0v) is 21.3. The first kappa shape index (κ1) is 26.8. The molecule has 0 aliphatic heterocycles. The van der Waals surface area contributed by atoms with Gasteiger partial charge in [-0.1, -0.05) is 127 Å². The van der Waals surface area contributed by atoms with Crippen molar-refractivity contribution in [2.45, 2.75) is 126 Å². The highest BCUT2D eigenvalue weighted by Gasteiger charge is 2.00. The summed E-state index contributed by atoms with van der Waals surface area (Å²) < 4.78 is 0. The van der Waals surface area contributed by atoms with E-state index in [0.29, 0.717) is 5.75 Å². The molecule has 0 saturated carbocycles. The van der Waals surface area contributed by atoms with Gasteiger partial charge < -0.3 is 5.11 Å². The molecule has 178 valence electrons.